The van der Waals surface area contributed by atoms with Gasteiger partial charge < -0.3 is 14.4 Å². The van der Waals surface area contributed by atoms with Gasteiger partial charge in [-0.2, -0.15) is 5.10 Å². The van der Waals surface area contributed by atoms with Crippen molar-refractivity contribution in [1.29, 1.82) is 0 Å². The third kappa shape index (κ3) is 4.76. The maximum atomic E-state index is 12.3. The molecule has 1 aromatic carbocycles. The molecule has 1 aliphatic heterocycles. The van der Waals surface area contributed by atoms with Crippen LogP contribution in [0.1, 0.15) is 18.4 Å². The molecule has 6 nitrogen and oxygen atoms in total. The van der Waals surface area contributed by atoms with Gasteiger partial charge in [0.1, 0.15) is 12.7 Å². The highest BCUT2D eigenvalue weighted by Gasteiger charge is 2.25. The van der Waals surface area contributed by atoms with E-state index in [0.717, 1.165) is 24.9 Å². The Hall–Kier alpha value is -2.47. The van der Waals surface area contributed by atoms with Gasteiger partial charge in [-0.05, 0) is 24.5 Å². The Morgan fingerprint density at radius 3 is 2.88 bits per heavy atom. The third-order valence-electron chi connectivity index (χ3n) is 3.90. The van der Waals surface area contributed by atoms with E-state index >= 15 is 0 Å². The van der Waals surface area contributed by atoms with Crippen molar-refractivity contribution in [2.45, 2.75) is 25.6 Å². The van der Waals surface area contributed by atoms with E-state index in [4.69, 9.17) is 9.47 Å². The molecule has 126 valence electrons. The first-order valence-electron chi connectivity index (χ1n) is 8.15. The van der Waals surface area contributed by atoms with Crippen molar-refractivity contribution in [3.63, 3.8) is 0 Å². The second-order valence-electron chi connectivity index (χ2n) is 5.76. The van der Waals surface area contributed by atoms with Crippen molar-refractivity contribution in [3.8, 4) is 5.88 Å². The first-order chi connectivity index (χ1) is 11.8. The second kappa shape index (κ2) is 8.40. The lowest BCUT2D eigenvalue weighted by Gasteiger charge is -2.32. The Morgan fingerprint density at radius 2 is 2.08 bits per heavy atom. The standard InChI is InChI=1S/C18H21N3O3/c22-18(14-23-13-15-6-2-1-3-7-15)21-11-5-8-16(12-21)24-17-9-4-10-19-20-17/h1-4,6-7,9-10,16H,5,8,11-14H2. The fraction of sp³-hybridized carbons (Fsp3) is 0.389. The largest absolute Gasteiger partial charge is 0.471 e. The molecule has 0 radical (unpaired) electrons. The molecule has 0 spiro atoms. The summed E-state index contributed by atoms with van der Waals surface area (Å²) in [4.78, 5) is 14.1. The lowest BCUT2D eigenvalue weighted by atomic mass is 10.1. The molecule has 0 N–H and O–H groups in total. The minimum Gasteiger partial charge on any atom is -0.471 e. The molecule has 0 saturated carbocycles. The Bertz CT molecular complexity index is 636. The molecule has 1 aliphatic rings. The molecule has 1 unspecified atom stereocenters. The van der Waals surface area contributed by atoms with Gasteiger partial charge in [-0.3, -0.25) is 4.79 Å². The van der Waals surface area contributed by atoms with Crippen LogP contribution < -0.4 is 4.74 Å². The molecule has 1 fully saturated rings. The Kier molecular flexibility index (Phi) is 5.74. The van der Waals surface area contributed by atoms with Gasteiger partial charge in [0, 0.05) is 18.8 Å². The fourth-order valence-corrected chi connectivity index (χ4v) is 2.70. The van der Waals surface area contributed by atoms with Crippen molar-refractivity contribution < 1.29 is 14.3 Å². The van der Waals surface area contributed by atoms with E-state index in [1.165, 1.54) is 0 Å². The van der Waals surface area contributed by atoms with Gasteiger partial charge in [-0.1, -0.05) is 30.3 Å². The van der Waals surface area contributed by atoms with Crippen molar-refractivity contribution in [1.82, 2.24) is 15.1 Å². The van der Waals surface area contributed by atoms with Crippen molar-refractivity contribution >= 4 is 5.91 Å². The lowest BCUT2D eigenvalue weighted by molar-refractivity contribution is -0.139. The van der Waals surface area contributed by atoms with Crippen molar-refractivity contribution in [3.05, 3.63) is 54.2 Å². The zero-order valence-electron chi connectivity index (χ0n) is 13.5. The molecule has 6 heteroatoms. The number of amides is 1. The topological polar surface area (TPSA) is 64.5 Å². The summed E-state index contributed by atoms with van der Waals surface area (Å²) in [6, 6.07) is 13.4. The van der Waals surface area contributed by atoms with E-state index in [-0.39, 0.29) is 18.6 Å². The fourth-order valence-electron chi connectivity index (χ4n) is 2.70. The molecular weight excluding hydrogens is 306 g/mol. The van der Waals surface area contributed by atoms with Gasteiger partial charge in [0.25, 0.3) is 0 Å². The second-order valence-corrected chi connectivity index (χ2v) is 5.76. The van der Waals surface area contributed by atoms with Gasteiger partial charge in [0.2, 0.25) is 11.8 Å². The van der Waals surface area contributed by atoms with Gasteiger partial charge in [0.05, 0.1) is 13.2 Å². The monoisotopic (exact) mass is 327 g/mol. The first kappa shape index (κ1) is 16.4. The number of piperidine rings is 1. The summed E-state index contributed by atoms with van der Waals surface area (Å²) in [6.07, 6.45) is 3.38. The normalized spacial score (nSPS) is 17.5. The molecule has 1 amide bonds. The Morgan fingerprint density at radius 1 is 1.21 bits per heavy atom. The SMILES string of the molecule is O=C(COCc1ccccc1)N1CCCC(Oc2cccnn2)C1. The van der Waals surface area contributed by atoms with Crippen LogP contribution in [0.15, 0.2) is 48.7 Å². The van der Waals surface area contributed by atoms with E-state index in [2.05, 4.69) is 10.2 Å². The van der Waals surface area contributed by atoms with E-state index in [1.807, 2.05) is 30.3 Å². The predicted molar refractivity (Wildman–Crippen MR) is 88.4 cm³/mol. The number of rotatable bonds is 6. The van der Waals surface area contributed by atoms with E-state index in [1.54, 1.807) is 23.2 Å². The van der Waals surface area contributed by atoms with Gasteiger partial charge in [-0.15, -0.1) is 5.10 Å². The maximum absolute atomic E-state index is 12.3. The summed E-state index contributed by atoms with van der Waals surface area (Å²) < 4.78 is 11.3. The first-order valence-corrected chi connectivity index (χ1v) is 8.15. The van der Waals surface area contributed by atoms with Crippen molar-refractivity contribution in [2.75, 3.05) is 19.7 Å². The quantitative estimate of drug-likeness (QED) is 0.812. The number of aromatic nitrogens is 2. The molecule has 24 heavy (non-hydrogen) atoms. The summed E-state index contributed by atoms with van der Waals surface area (Å²) in [5.41, 5.74) is 1.06. The third-order valence-corrected chi connectivity index (χ3v) is 3.90. The smallest absolute Gasteiger partial charge is 0.248 e. The highest BCUT2D eigenvalue weighted by Crippen LogP contribution is 2.16. The van der Waals surface area contributed by atoms with Crippen molar-refractivity contribution in [2.24, 2.45) is 0 Å². The predicted octanol–water partition coefficient (Wildman–Crippen LogP) is 2.06. The molecule has 2 aromatic rings. The van der Waals surface area contributed by atoms with Crippen LogP contribution in [-0.2, 0) is 16.1 Å². The molecular formula is C18H21N3O3. The van der Waals surface area contributed by atoms with E-state index in [9.17, 15) is 4.79 Å². The summed E-state index contributed by atoms with van der Waals surface area (Å²) in [5.74, 6) is 0.496. The highest BCUT2D eigenvalue weighted by molar-refractivity contribution is 5.77. The Balaban J connectivity index is 1.44. The number of hydrogen-bond donors (Lipinski definition) is 0. The van der Waals surface area contributed by atoms with E-state index in [0.29, 0.717) is 19.0 Å². The van der Waals surface area contributed by atoms with E-state index < -0.39 is 0 Å². The molecule has 1 atom stereocenters. The average molecular weight is 327 g/mol. The van der Waals surface area contributed by atoms with Crippen LogP contribution in [0.25, 0.3) is 0 Å². The number of hydrogen-bond acceptors (Lipinski definition) is 5. The van der Waals surface area contributed by atoms with Crippen LogP contribution in [-0.4, -0.2) is 46.8 Å². The van der Waals surface area contributed by atoms with Gasteiger partial charge in [0.15, 0.2) is 0 Å². The molecule has 0 bridgehead atoms. The zero-order chi connectivity index (χ0) is 16.6. The van der Waals surface area contributed by atoms with Crippen LogP contribution in [0.5, 0.6) is 5.88 Å². The van der Waals surface area contributed by atoms with Gasteiger partial charge >= 0.3 is 0 Å². The number of nitrogens with zero attached hydrogens (tertiary/aromatic N) is 3. The van der Waals surface area contributed by atoms with Crippen LogP contribution in [0, 0.1) is 0 Å². The zero-order valence-corrected chi connectivity index (χ0v) is 13.5. The number of carbonyl (C=O) groups is 1. The number of carbonyl (C=O) groups excluding carboxylic acids is 1. The highest BCUT2D eigenvalue weighted by atomic mass is 16.5. The number of ether oxygens (including phenoxy) is 2. The summed E-state index contributed by atoms with van der Waals surface area (Å²) >= 11 is 0. The van der Waals surface area contributed by atoms with Crippen LogP contribution in [0.4, 0.5) is 0 Å². The molecule has 2 heterocycles. The minimum atomic E-state index is -0.0477. The average Bonchev–Trinajstić information content (AvgIpc) is 2.64. The molecule has 1 saturated heterocycles. The summed E-state index contributed by atoms with van der Waals surface area (Å²) in [6.45, 7) is 1.84. The maximum Gasteiger partial charge on any atom is 0.248 e. The number of likely N-dealkylation sites (tertiary alicyclic amines) is 1. The molecule has 0 aliphatic carbocycles. The van der Waals surface area contributed by atoms with Crippen LogP contribution >= 0.6 is 0 Å². The molecule has 1 aromatic heterocycles. The Labute approximate surface area is 141 Å². The summed E-state index contributed by atoms with van der Waals surface area (Å²) in [7, 11) is 0. The van der Waals surface area contributed by atoms with Crippen LogP contribution in [0.3, 0.4) is 0 Å². The van der Waals surface area contributed by atoms with Crippen LogP contribution in [0.2, 0.25) is 0 Å². The minimum absolute atomic E-state index is 0.00150. The summed E-state index contributed by atoms with van der Waals surface area (Å²) in [5, 5.41) is 7.72. The molecule has 3 rings (SSSR count). The number of benzene rings is 1. The lowest BCUT2D eigenvalue weighted by Crippen LogP contribution is -2.45. The van der Waals surface area contributed by atoms with Gasteiger partial charge in [-0.25, -0.2) is 0 Å².